The van der Waals surface area contributed by atoms with Crippen LogP contribution in [0.25, 0.3) is 11.5 Å². The minimum Gasteiger partial charge on any atom is -0.506 e. The van der Waals surface area contributed by atoms with Crippen molar-refractivity contribution in [3.05, 3.63) is 24.3 Å². The van der Waals surface area contributed by atoms with Crippen LogP contribution in [0.3, 0.4) is 0 Å². The predicted octanol–water partition coefficient (Wildman–Crippen LogP) is 2.96. The van der Waals surface area contributed by atoms with E-state index >= 15 is 0 Å². The first-order chi connectivity index (χ1) is 9.41. The van der Waals surface area contributed by atoms with Crippen molar-refractivity contribution in [3.8, 4) is 17.2 Å². The highest BCUT2D eigenvalue weighted by atomic mass is 16.5. The van der Waals surface area contributed by atoms with Crippen molar-refractivity contribution >= 4 is 0 Å². The standard InChI is InChI=1S/C14H19N3O3/c1-5-19-11(14(2,3)4)12-16-13(20-17-12)9-6-10(18)8-15-7-9/h6-8,11,18H,5H2,1-4H3. The van der Waals surface area contributed by atoms with Gasteiger partial charge >= 0.3 is 0 Å². The maximum absolute atomic E-state index is 9.43. The van der Waals surface area contributed by atoms with E-state index in [0.717, 1.165) is 0 Å². The van der Waals surface area contributed by atoms with Crippen LogP contribution < -0.4 is 0 Å². The van der Waals surface area contributed by atoms with E-state index in [-0.39, 0.29) is 17.3 Å². The highest BCUT2D eigenvalue weighted by Gasteiger charge is 2.31. The zero-order chi connectivity index (χ0) is 14.8. The van der Waals surface area contributed by atoms with Crippen LogP contribution in [0, 0.1) is 5.41 Å². The number of rotatable bonds is 4. The minimum atomic E-state index is -0.254. The van der Waals surface area contributed by atoms with Gasteiger partial charge in [0.05, 0.1) is 11.8 Å². The van der Waals surface area contributed by atoms with Gasteiger partial charge in [-0.2, -0.15) is 4.98 Å². The molecule has 0 aliphatic carbocycles. The van der Waals surface area contributed by atoms with Gasteiger partial charge in [0.1, 0.15) is 11.9 Å². The lowest BCUT2D eigenvalue weighted by atomic mass is 9.88. The molecule has 0 fully saturated rings. The first kappa shape index (κ1) is 14.5. The molecular weight excluding hydrogens is 258 g/mol. The van der Waals surface area contributed by atoms with Crippen molar-refractivity contribution in [2.45, 2.75) is 33.8 Å². The van der Waals surface area contributed by atoms with Gasteiger partial charge in [-0.05, 0) is 18.4 Å². The molecule has 20 heavy (non-hydrogen) atoms. The van der Waals surface area contributed by atoms with Crippen LogP contribution in [0.4, 0.5) is 0 Å². The van der Waals surface area contributed by atoms with Gasteiger partial charge in [0.25, 0.3) is 5.89 Å². The van der Waals surface area contributed by atoms with E-state index < -0.39 is 0 Å². The largest absolute Gasteiger partial charge is 0.506 e. The van der Waals surface area contributed by atoms with Gasteiger partial charge in [-0.25, -0.2) is 0 Å². The summed E-state index contributed by atoms with van der Waals surface area (Å²) in [5.74, 6) is 0.870. The Morgan fingerprint density at radius 2 is 2.10 bits per heavy atom. The third kappa shape index (κ3) is 3.14. The second-order valence-electron chi connectivity index (χ2n) is 5.59. The Morgan fingerprint density at radius 1 is 1.35 bits per heavy atom. The van der Waals surface area contributed by atoms with Crippen LogP contribution in [0.2, 0.25) is 0 Å². The second kappa shape index (κ2) is 5.58. The quantitative estimate of drug-likeness (QED) is 0.925. The van der Waals surface area contributed by atoms with Gasteiger partial charge in [0.15, 0.2) is 0 Å². The van der Waals surface area contributed by atoms with Crippen molar-refractivity contribution in [1.29, 1.82) is 0 Å². The van der Waals surface area contributed by atoms with Gasteiger partial charge < -0.3 is 14.4 Å². The molecule has 6 heteroatoms. The van der Waals surface area contributed by atoms with E-state index in [1.54, 1.807) is 6.20 Å². The van der Waals surface area contributed by atoms with Gasteiger partial charge in [-0.3, -0.25) is 4.98 Å². The Morgan fingerprint density at radius 3 is 2.70 bits per heavy atom. The summed E-state index contributed by atoms with van der Waals surface area (Å²) in [6.07, 6.45) is 2.65. The monoisotopic (exact) mass is 277 g/mol. The average Bonchev–Trinajstić information content (AvgIpc) is 2.83. The van der Waals surface area contributed by atoms with Crippen LogP contribution in [-0.4, -0.2) is 26.8 Å². The van der Waals surface area contributed by atoms with Gasteiger partial charge in [0, 0.05) is 12.8 Å². The molecule has 0 saturated carbocycles. The summed E-state index contributed by atoms with van der Waals surface area (Å²) in [5, 5.41) is 13.4. The third-order valence-corrected chi connectivity index (χ3v) is 2.77. The van der Waals surface area contributed by atoms with E-state index in [0.29, 0.717) is 23.9 Å². The summed E-state index contributed by atoms with van der Waals surface area (Å²) in [6.45, 7) is 8.66. The Labute approximate surface area is 117 Å². The maximum Gasteiger partial charge on any atom is 0.259 e. The molecule has 1 unspecified atom stereocenters. The van der Waals surface area contributed by atoms with Crippen LogP contribution in [0.1, 0.15) is 39.6 Å². The second-order valence-corrected chi connectivity index (χ2v) is 5.59. The lowest BCUT2D eigenvalue weighted by molar-refractivity contribution is -0.0203. The van der Waals surface area contributed by atoms with Gasteiger partial charge in [-0.15, -0.1) is 0 Å². The summed E-state index contributed by atoms with van der Waals surface area (Å²) in [5.41, 5.74) is 0.432. The number of ether oxygens (including phenoxy) is 1. The summed E-state index contributed by atoms with van der Waals surface area (Å²) in [7, 11) is 0. The SMILES string of the molecule is CCOC(c1noc(-c2cncc(O)c2)n1)C(C)(C)C. The molecule has 0 aliphatic heterocycles. The fraction of sp³-hybridized carbons (Fsp3) is 0.500. The smallest absolute Gasteiger partial charge is 0.259 e. The predicted molar refractivity (Wildman–Crippen MR) is 73.0 cm³/mol. The van der Waals surface area contributed by atoms with Crippen LogP contribution in [-0.2, 0) is 4.74 Å². The van der Waals surface area contributed by atoms with Crippen molar-refractivity contribution < 1.29 is 14.4 Å². The van der Waals surface area contributed by atoms with Crippen LogP contribution in [0.5, 0.6) is 5.75 Å². The first-order valence-electron chi connectivity index (χ1n) is 6.51. The number of pyridine rings is 1. The Hall–Kier alpha value is -1.95. The van der Waals surface area contributed by atoms with Crippen LogP contribution in [0.15, 0.2) is 23.0 Å². The first-order valence-corrected chi connectivity index (χ1v) is 6.51. The molecule has 0 aromatic carbocycles. The van der Waals surface area contributed by atoms with Crippen molar-refractivity contribution in [3.63, 3.8) is 0 Å². The fourth-order valence-corrected chi connectivity index (χ4v) is 1.88. The summed E-state index contributed by atoms with van der Waals surface area (Å²) >= 11 is 0. The molecule has 0 aliphatic rings. The van der Waals surface area contributed by atoms with E-state index in [2.05, 4.69) is 35.9 Å². The molecule has 1 atom stereocenters. The number of nitrogens with zero attached hydrogens (tertiary/aromatic N) is 3. The maximum atomic E-state index is 9.43. The molecule has 1 N–H and O–H groups in total. The van der Waals surface area contributed by atoms with E-state index in [4.69, 9.17) is 9.26 Å². The molecule has 108 valence electrons. The zero-order valence-electron chi connectivity index (χ0n) is 12.1. The highest BCUT2D eigenvalue weighted by molar-refractivity contribution is 5.53. The molecule has 2 heterocycles. The Kier molecular flexibility index (Phi) is 4.04. The molecule has 0 saturated heterocycles. The van der Waals surface area contributed by atoms with Crippen molar-refractivity contribution in [2.75, 3.05) is 6.61 Å². The molecular formula is C14H19N3O3. The number of hydrogen-bond acceptors (Lipinski definition) is 6. The van der Waals surface area contributed by atoms with E-state index in [1.165, 1.54) is 12.3 Å². The molecule has 0 amide bonds. The molecule has 2 aromatic rings. The van der Waals surface area contributed by atoms with Crippen molar-refractivity contribution in [2.24, 2.45) is 5.41 Å². The van der Waals surface area contributed by atoms with Crippen molar-refractivity contribution in [1.82, 2.24) is 15.1 Å². The minimum absolute atomic E-state index is 0.0550. The van der Waals surface area contributed by atoms with E-state index in [9.17, 15) is 5.11 Å². The number of hydrogen-bond donors (Lipinski definition) is 1. The topological polar surface area (TPSA) is 81.3 Å². The molecule has 2 rings (SSSR count). The molecule has 0 bridgehead atoms. The summed E-state index contributed by atoms with van der Waals surface area (Å²) < 4.78 is 11.0. The number of aromatic nitrogens is 3. The lowest BCUT2D eigenvalue weighted by Gasteiger charge is -2.27. The highest BCUT2D eigenvalue weighted by Crippen LogP contribution is 2.35. The van der Waals surface area contributed by atoms with E-state index in [1.807, 2.05) is 6.92 Å². The molecule has 6 nitrogen and oxygen atoms in total. The average molecular weight is 277 g/mol. The van der Waals surface area contributed by atoms with Crippen LogP contribution >= 0.6 is 0 Å². The third-order valence-electron chi connectivity index (χ3n) is 2.77. The summed E-state index contributed by atoms with van der Waals surface area (Å²) in [6, 6.07) is 1.52. The van der Waals surface area contributed by atoms with Gasteiger partial charge in [0.2, 0.25) is 5.82 Å². The lowest BCUT2D eigenvalue weighted by Crippen LogP contribution is -2.22. The normalized spacial score (nSPS) is 13.4. The molecule has 0 spiro atoms. The molecule has 0 radical (unpaired) electrons. The van der Waals surface area contributed by atoms with Gasteiger partial charge in [-0.1, -0.05) is 25.9 Å². The zero-order valence-corrected chi connectivity index (χ0v) is 12.1. The fourth-order valence-electron chi connectivity index (χ4n) is 1.88. The molecule has 2 aromatic heterocycles. The number of aromatic hydroxyl groups is 1. The Bertz CT molecular complexity index is 575. The Balaban J connectivity index is 2.32. The summed E-state index contributed by atoms with van der Waals surface area (Å²) in [4.78, 5) is 8.24.